The van der Waals surface area contributed by atoms with Gasteiger partial charge in [-0.2, -0.15) is 0 Å². The van der Waals surface area contributed by atoms with Gasteiger partial charge < -0.3 is 23.7 Å². The summed E-state index contributed by atoms with van der Waals surface area (Å²) in [6.45, 7) is 3.47. The molecule has 1 fully saturated rings. The standard InChI is InChI=1S/C26H25FO8/c1-15(28)32-14-23-25(33-16(2)29)26(34-17(3)30)24(35-23)21-13-19(9-12-22(21)31-4)6-5-18-7-10-20(27)11-8-18/h7-13,23-26H,14H2,1-4H3/t23-,24+,25-,26+/m1/s1. The van der Waals surface area contributed by atoms with E-state index in [0.29, 0.717) is 22.4 Å². The zero-order valence-electron chi connectivity index (χ0n) is 19.7. The quantitative estimate of drug-likeness (QED) is 0.351. The van der Waals surface area contributed by atoms with Gasteiger partial charge >= 0.3 is 17.9 Å². The summed E-state index contributed by atoms with van der Waals surface area (Å²) in [4.78, 5) is 35.1. The molecule has 0 bridgehead atoms. The second kappa shape index (κ2) is 11.5. The Hall–Kier alpha value is -3.90. The average Bonchev–Trinajstić information content (AvgIpc) is 3.12. The van der Waals surface area contributed by atoms with Crippen LogP contribution in [0.1, 0.15) is 43.6 Å². The van der Waals surface area contributed by atoms with E-state index in [4.69, 9.17) is 23.7 Å². The summed E-state index contributed by atoms with van der Waals surface area (Å²) >= 11 is 0. The lowest BCUT2D eigenvalue weighted by Gasteiger charge is -2.24. The van der Waals surface area contributed by atoms with Gasteiger partial charge in [-0.15, -0.1) is 0 Å². The van der Waals surface area contributed by atoms with Crippen LogP contribution < -0.4 is 4.74 Å². The lowest BCUT2D eigenvalue weighted by Crippen LogP contribution is -2.40. The summed E-state index contributed by atoms with van der Waals surface area (Å²) in [6.07, 6.45) is -3.87. The number of benzene rings is 2. The Labute approximate surface area is 202 Å². The maximum absolute atomic E-state index is 13.2. The van der Waals surface area contributed by atoms with Crippen molar-refractivity contribution in [2.45, 2.75) is 45.2 Å². The van der Waals surface area contributed by atoms with Crippen molar-refractivity contribution in [2.75, 3.05) is 13.7 Å². The average molecular weight is 484 g/mol. The molecule has 0 N–H and O–H groups in total. The van der Waals surface area contributed by atoms with Crippen molar-refractivity contribution in [2.24, 2.45) is 0 Å². The van der Waals surface area contributed by atoms with Crippen LogP contribution in [0, 0.1) is 17.7 Å². The van der Waals surface area contributed by atoms with Crippen molar-refractivity contribution in [3.8, 4) is 17.6 Å². The van der Waals surface area contributed by atoms with E-state index in [0.717, 1.165) is 0 Å². The molecule has 1 saturated heterocycles. The fourth-order valence-electron chi connectivity index (χ4n) is 3.68. The smallest absolute Gasteiger partial charge is 0.303 e. The van der Waals surface area contributed by atoms with Gasteiger partial charge in [0.25, 0.3) is 0 Å². The molecule has 1 heterocycles. The molecule has 35 heavy (non-hydrogen) atoms. The molecule has 0 aromatic heterocycles. The Kier molecular flexibility index (Phi) is 8.44. The summed E-state index contributed by atoms with van der Waals surface area (Å²) in [6, 6.07) is 10.9. The van der Waals surface area contributed by atoms with Crippen LogP contribution in [0.15, 0.2) is 42.5 Å². The van der Waals surface area contributed by atoms with Crippen LogP contribution in [0.3, 0.4) is 0 Å². The summed E-state index contributed by atoms with van der Waals surface area (Å²) in [5, 5.41) is 0. The molecule has 0 spiro atoms. The van der Waals surface area contributed by atoms with E-state index in [1.807, 2.05) is 0 Å². The van der Waals surface area contributed by atoms with Crippen molar-refractivity contribution in [3.63, 3.8) is 0 Å². The number of hydrogen-bond donors (Lipinski definition) is 0. The van der Waals surface area contributed by atoms with E-state index in [9.17, 15) is 18.8 Å². The van der Waals surface area contributed by atoms with Crippen LogP contribution in [-0.4, -0.2) is 49.9 Å². The maximum Gasteiger partial charge on any atom is 0.303 e. The molecule has 8 nitrogen and oxygen atoms in total. The van der Waals surface area contributed by atoms with Crippen molar-refractivity contribution in [1.29, 1.82) is 0 Å². The second-order valence-electron chi connectivity index (χ2n) is 7.76. The highest BCUT2D eigenvalue weighted by Crippen LogP contribution is 2.41. The molecular weight excluding hydrogens is 459 g/mol. The predicted molar refractivity (Wildman–Crippen MR) is 121 cm³/mol. The fraction of sp³-hybridized carbons (Fsp3) is 0.346. The Morgan fingerprint density at radius 3 is 2.09 bits per heavy atom. The van der Waals surface area contributed by atoms with Gasteiger partial charge in [-0.1, -0.05) is 11.8 Å². The van der Waals surface area contributed by atoms with Gasteiger partial charge in [0.15, 0.2) is 12.2 Å². The van der Waals surface area contributed by atoms with E-state index < -0.39 is 42.3 Å². The van der Waals surface area contributed by atoms with Crippen molar-refractivity contribution >= 4 is 17.9 Å². The summed E-state index contributed by atoms with van der Waals surface area (Å²) < 4.78 is 40.7. The zero-order valence-corrected chi connectivity index (χ0v) is 19.7. The van der Waals surface area contributed by atoms with Gasteiger partial charge in [-0.25, -0.2) is 4.39 Å². The number of esters is 3. The minimum Gasteiger partial charge on any atom is -0.496 e. The first-order valence-corrected chi connectivity index (χ1v) is 10.8. The first kappa shape index (κ1) is 25.7. The Morgan fingerprint density at radius 1 is 0.886 bits per heavy atom. The summed E-state index contributed by atoms with van der Waals surface area (Å²) in [7, 11) is 1.47. The molecule has 0 amide bonds. The van der Waals surface area contributed by atoms with Crippen LogP contribution >= 0.6 is 0 Å². The largest absolute Gasteiger partial charge is 0.496 e. The molecule has 9 heteroatoms. The van der Waals surface area contributed by atoms with Crippen molar-refractivity contribution in [1.82, 2.24) is 0 Å². The van der Waals surface area contributed by atoms with Crippen LogP contribution in [-0.2, 0) is 33.3 Å². The number of rotatable bonds is 6. The van der Waals surface area contributed by atoms with E-state index in [2.05, 4.69) is 11.8 Å². The monoisotopic (exact) mass is 484 g/mol. The number of carbonyl (C=O) groups is 3. The van der Waals surface area contributed by atoms with Crippen LogP contribution in [0.4, 0.5) is 4.39 Å². The van der Waals surface area contributed by atoms with E-state index in [1.54, 1.807) is 30.3 Å². The van der Waals surface area contributed by atoms with E-state index in [-0.39, 0.29) is 12.4 Å². The number of halogens is 1. The normalized spacial score (nSPS) is 20.8. The Balaban J connectivity index is 2.00. The van der Waals surface area contributed by atoms with E-state index >= 15 is 0 Å². The molecule has 0 unspecified atom stereocenters. The van der Waals surface area contributed by atoms with Crippen LogP contribution in [0.25, 0.3) is 0 Å². The molecule has 0 radical (unpaired) electrons. The van der Waals surface area contributed by atoms with Crippen LogP contribution in [0.2, 0.25) is 0 Å². The number of methoxy groups -OCH3 is 1. The SMILES string of the molecule is COc1ccc(C#Cc2ccc(F)cc2)cc1[C@@H]1O[C@H](COC(C)=O)[C@@H](OC(C)=O)[C@H]1OC(C)=O. The molecule has 0 saturated carbocycles. The molecule has 0 aliphatic carbocycles. The van der Waals surface area contributed by atoms with Crippen molar-refractivity contribution in [3.05, 3.63) is 65.0 Å². The third-order valence-corrected chi connectivity index (χ3v) is 5.10. The third-order valence-electron chi connectivity index (χ3n) is 5.10. The van der Waals surface area contributed by atoms with Crippen molar-refractivity contribution < 1.29 is 42.5 Å². The predicted octanol–water partition coefficient (Wildman–Crippen LogP) is 3.10. The third kappa shape index (κ3) is 6.80. The highest BCUT2D eigenvalue weighted by Gasteiger charge is 2.51. The van der Waals surface area contributed by atoms with Gasteiger partial charge in [-0.3, -0.25) is 14.4 Å². The lowest BCUT2D eigenvalue weighted by molar-refractivity contribution is -0.165. The van der Waals surface area contributed by atoms with E-state index in [1.165, 1.54) is 40.0 Å². The van der Waals surface area contributed by atoms with Gasteiger partial charge in [0.05, 0.1) is 7.11 Å². The summed E-state index contributed by atoms with van der Waals surface area (Å²) in [5.74, 6) is 4.25. The first-order chi connectivity index (χ1) is 16.7. The minimum absolute atomic E-state index is 0.214. The molecule has 3 rings (SSSR count). The van der Waals surface area contributed by atoms with Gasteiger partial charge in [0.1, 0.15) is 30.4 Å². The van der Waals surface area contributed by atoms with Gasteiger partial charge in [-0.05, 0) is 42.5 Å². The highest BCUT2D eigenvalue weighted by atomic mass is 19.1. The zero-order chi connectivity index (χ0) is 25.5. The fourth-order valence-corrected chi connectivity index (χ4v) is 3.68. The Morgan fingerprint density at radius 2 is 1.49 bits per heavy atom. The molecule has 2 aromatic carbocycles. The number of carbonyl (C=O) groups excluding carboxylic acids is 3. The van der Waals surface area contributed by atoms with Crippen LogP contribution in [0.5, 0.6) is 5.75 Å². The maximum atomic E-state index is 13.2. The molecule has 184 valence electrons. The molecule has 4 atom stereocenters. The Bertz CT molecular complexity index is 1150. The lowest BCUT2D eigenvalue weighted by atomic mass is 9.98. The number of hydrogen-bond acceptors (Lipinski definition) is 8. The summed E-state index contributed by atoms with van der Waals surface area (Å²) in [5.41, 5.74) is 1.70. The molecule has 1 aliphatic rings. The van der Waals surface area contributed by atoms with Gasteiger partial charge in [0, 0.05) is 37.5 Å². The van der Waals surface area contributed by atoms with Gasteiger partial charge in [0.2, 0.25) is 0 Å². The molecule has 1 aliphatic heterocycles. The first-order valence-electron chi connectivity index (χ1n) is 10.8. The second-order valence-corrected chi connectivity index (χ2v) is 7.76. The number of ether oxygens (including phenoxy) is 5. The molecular formula is C26H25FO8. The molecule has 2 aromatic rings. The topological polar surface area (TPSA) is 97.4 Å². The minimum atomic E-state index is -1.04. The highest BCUT2D eigenvalue weighted by molar-refractivity contribution is 5.68.